The fourth-order valence-corrected chi connectivity index (χ4v) is 3.94. The SMILES string of the molecule is CSC1(CNC(=O)[C@@H]2CC[C@H](C(=O)O)O2)CCCCC1. The Morgan fingerprint density at radius 3 is 2.45 bits per heavy atom. The summed E-state index contributed by atoms with van der Waals surface area (Å²) in [6, 6.07) is 0. The summed E-state index contributed by atoms with van der Waals surface area (Å²) in [5.41, 5.74) is 0. The van der Waals surface area contributed by atoms with Gasteiger partial charge in [0, 0.05) is 11.3 Å². The second-order valence-corrected chi connectivity index (χ2v) is 6.97. The van der Waals surface area contributed by atoms with Gasteiger partial charge in [-0.25, -0.2) is 4.79 Å². The number of carbonyl (C=O) groups excluding carboxylic acids is 1. The molecular formula is C14H23NO4S. The standard InChI is InChI=1S/C14H23NO4S/c1-20-14(7-3-2-4-8-14)9-15-12(16)10-5-6-11(19-10)13(17)18/h10-11H,2-9H2,1H3,(H,15,16)(H,17,18)/t10-,11+/m0/s1. The van der Waals surface area contributed by atoms with E-state index in [1.807, 2.05) is 11.8 Å². The lowest BCUT2D eigenvalue weighted by Gasteiger charge is -2.36. The van der Waals surface area contributed by atoms with E-state index < -0.39 is 18.2 Å². The first kappa shape index (κ1) is 15.6. The van der Waals surface area contributed by atoms with Crippen molar-refractivity contribution in [2.45, 2.75) is 61.9 Å². The van der Waals surface area contributed by atoms with E-state index in [2.05, 4.69) is 11.6 Å². The van der Waals surface area contributed by atoms with Gasteiger partial charge in [-0.3, -0.25) is 4.79 Å². The number of nitrogens with one attached hydrogen (secondary N) is 1. The molecule has 1 heterocycles. The van der Waals surface area contributed by atoms with Crippen LogP contribution in [-0.4, -0.2) is 46.7 Å². The largest absolute Gasteiger partial charge is 0.479 e. The number of rotatable bonds is 5. The number of aliphatic carboxylic acids is 1. The van der Waals surface area contributed by atoms with Crippen molar-refractivity contribution < 1.29 is 19.4 Å². The van der Waals surface area contributed by atoms with Gasteiger partial charge in [0.1, 0.15) is 6.10 Å². The summed E-state index contributed by atoms with van der Waals surface area (Å²) in [5.74, 6) is -1.14. The highest BCUT2D eigenvalue weighted by molar-refractivity contribution is 8.00. The lowest BCUT2D eigenvalue weighted by atomic mass is 9.88. The smallest absolute Gasteiger partial charge is 0.332 e. The van der Waals surface area contributed by atoms with E-state index in [0.29, 0.717) is 19.4 Å². The predicted molar refractivity (Wildman–Crippen MR) is 77.9 cm³/mol. The first-order valence-corrected chi connectivity index (χ1v) is 8.50. The first-order chi connectivity index (χ1) is 9.56. The van der Waals surface area contributed by atoms with Gasteiger partial charge in [-0.2, -0.15) is 11.8 Å². The minimum absolute atomic E-state index is 0.152. The van der Waals surface area contributed by atoms with E-state index in [0.717, 1.165) is 12.8 Å². The Labute approximate surface area is 123 Å². The van der Waals surface area contributed by atoms with Crippen molar-refractivity contribution in [2.24, 2.45) is 0 Å². The van der Waals surface area contributed by atoms with E-state index in [1.165, 1.54) is 19.3 Å². The van der Waals surface area contributed by atoms with Crippen LogP contribution in [0.25, 0.3) is 0 Å². The molecule has 2 N–H and O–H groups in total. The fourth-order valence-electron chi connectivity index (χ4n) is 3.02. The van der Waals surface area contributed by atoms with Crippen molar-refractivity contribution in [3.05, 3.63) is 0 Å². The van der Waals surface area contributed by atoms with Crippen LogP contribution in [0.3, 0.4) is 0 Å². The van der Waals surface area contributed by atoms with Gasteiger partial charge in [-0.1, -0.05) is 19.3 Å². The summed E-state index contributed by atoms with van der Waals surface area (Å²) in [4.78, 5) is 22.9. The predicted octanol–water partition coefficient (Wildman–Crippen LogP) is 1.80. The maximum atomic E-state index is 12.1. The quantitative estimate of drug-likeness (QED) is 0.810. The summed E-state index contributed by atoms with van der Waals surface area (Å²) < 4.78 is 5.42. The van der Waals surface area contributed by atoms with Gasteiger partial charge < -0.3 is 15.2 Å². The highest BCUT2D eigenvalue weighted by Gasteiger charge is 2.36. The van der Waals surface area contributed by atoms with Gasteiger partial charge in [-0.15, -0.1) is 0 Å². The number of carboxylic acids is 1. The molecule has 2 rings (SSSR count). The molecule has 0 aromatic rings. The van der Waals surface area contributed by atoms with Crippen LogP contribution in [0.1, 0.15) is 44.9 Å². The molecule has 114 valence electrons. The Balaban J connectivity index is 1.81. The third-order valence-electron chi connectivity index (χ3n) is 4.37. The second kappa shape index (κ2) is 6.80. The molecule has 1 aliphatic carbocycles. The fraction of sp³-hybridized carbons (Fsp3) is 0.857. The topological polar surface area (TPSA) is 75.6 Å². The Hall–Kier alpha value is -0.750. The summed E-state index contributed by atoms with van der Waals surface area (Å²) in [6.07, 6.45) is 7.58. The summed E-state index contributed by atoms with van der Waals surface area (Å²) in [7, 11) is 0. The minimum atomic E-state index is -0.979. The monoisotopic (exact) mass is 301 g/mol. The van der Waals surface area contributed by atoms with Crippen molar-refractivity contribution in [2.75, 3.05) is 12.8 Å². The number of carbonyl (C=O) groups is 2. The van der Waals surface area contributed by atoms with Crippen LogP contribution in [0.5, 0.6) is 0 Å². The average molecular weight is 301 g/mol. The summed E-state index contributed by atoms with van der Waals surface area (Å²) in [5, 5.41) is 11.8. The van der Waals surface area contributed by atoms with E-state index in [4.69, 9.17) is 9.84 Å². The molecule has 2 atom stereocenters. The van der Waals surface area contributed by atoms with Gasteiger partial charge in [0.15, 0.2) is 6.10 Å². The van der Waals surface area contributed by atoms with E-state index in [1.54, 1.807) is 0 Å². The maximum Gasteiger partial charge on any atom is 0.332 e. The molecule has 0 radical (unpaired) electrons. The summed E-state index contributed by atoms with van der Waals surface area (Å²) in [6.45, 7) is 0.657. The van der Waals surface area contributed by atoms with Crippen molar-refractivity contribution in [1.82, 2.24) is 5.32 Å². The highest BCUT2D eigenvalue weighted by atomic mass is 32.2. The normalized spacial score (nSPS) is 29.1. The zero-order valence-electron chi connectivity index (χ0n) is 11.9. The van der Waals surface area contributed by atoms with Gasteiger partial charge in [0.2, 0.25) is 5.91 Å². The van der Waals surface area contributed by atoms with Gasteiger partial charge >= 0.3 is 5.97 Å². The lowest BCUT2D eigenvalue weighted by molar-refractivity contribution is -0.151. The van der Waals surface area contributed by atoms with Crippen LogP contribution in [0, 0.1) is 0 Å². The first-order valence-electron chi connectivity index (χ1n) is 7.27. The molecule has 0 aromatic heterocycles. The number of ether oxygens (including phenoxy) is 1. The van der Waals surface area contributed by atoms with E-state index in [9.17, 15) is 9.59 Å². The highest BCUT2D eigenvalue weighted by Crippen LogP contribution is 2.38. The Kier molecular flexibility index (Phi) is 5.32. The third-order valence-corrected chi connectivity index (χ3v) is 5.79. The molecule has 1 aliphatic heterocycles. The van der Waals surface area contributed by atoms with Crippen LogP contribution >= 0.6 is 11.8 Å². The van der Waals surface area contributed by atoms with Gasteiger partial charge in [0.25, 0.3) is 0 Å². The maximum absolute atomic E-state index is 12.1. The van der Waals surface area contributed by atoms with Crippen LogP contribution in [0.15, 0.2) is 0 Å². The van der Waals surface area contributed by atoms with Crippen LogP contribution < -0.4 is 5.32 Å². The molecule has 1 saturated carbocycles. The minimum Gasteiger partial charge on any atom is -0.479 e. The molecular weight excluding hydrogens is 278 g/mol. The number of amides is 1. The Bertz CT molecular complexity index is 368. The number of hydrogen-bond acceptors (Lipinski definition) is 4. The molecule has 0 spiro atoms. The molecule has 5 nitrogen and oxygen atoms in total. The van der Waals surface area contributed by atoms with Crippen molar-refractivity contribution >= 4 is 23.6 Å². The van der Waals surface area contributed by atoms with E-state index in [-0.39, 0.29) is 10.7 Å². The van der Waals surface area contributed by atoms with Gasteiger partial charge in [-0.05, 0) is 31.9 Å². The molecule has 1 amide bonds. The Morgan fingerprint density at radius 1 is 1.25 bits per heavy atom. The van der Waals surface area contributed by atoms with Crippen LogP contribution in [-0.2, 0) is 14.3 Å². The van der Waals surface area contributed by atoms with Gasteiger partial charge in [0.05, 0.1) is 0 Å². The molecule has 0 aromatic carbocycles. The lowest BCUT2D eigenvalue weighted by Crippen LogP contribution is -2.45. The molecule has 6 heteroatoms. The molecule has 2 aliphatic rings. The average Bonchev–Trinajstić information content (AvgIpc) is 2.96. The number of thioether (sulfide) groups is 1. The Morgan fingerprint density at radius 2 is 1.90 bits per heavy atom. The number of carboxylic acid groups (broad SMARTS) is 1. The number of hydrogen-bond donors (Lipinski definition) is 2. The molecule has 0 bridgehead atoms. The van der Waals surface area contributed by atoms with Crippen molar-refractivity contribution in [3.63, 3.8) is 0 Å². The van der Waals surface area contributed by atoms with Crippen molar-refractivity contribution in [1.29, 1.82) is 0 Å². The van der Waals surface area contributed by atoms with Crippen LogP contribution in [0.4, 0.5) is 0 Å². The molecule has 1 saturated heterocycles. The van der Waals surface area contributed by atoms with E-state index >= 15 is 0 Å². The van der Waals surface area contributed by atoms with Crippen LogP contribution in [0.2, 0.25) is 0 Å². The zero-order chi connectivity index (χ0) is 14.6. The molecule has 0 unspecified atom stereocenters. The zero-order valence-corrected chi connectivity index (χ0v) is 12.7. The summed E-state index contributed by atoms with van der Waals surface area (Å²) >= 11 is 1.83. The third kappa shape index (κ3) is 3.67. The second-order valence-electron chi connectivity index (χ2n) is 5.69. The van der Waals surface area contributed by atoms with Crippen molar-refractivity contribution in [3.8, 4) is 0 Å². The molecule has 20 heavy (non-hydrogen) atoms. The molecule has 2 fully saturated rings.